The summed E-state index contributed by atoms with van der Waals surface area (Å²) in [5, 5.41) is 3.22. The Balaban J connectivity index is 2.07. The lowest BCUT2D eigenvalue weighted by molar-refractivity contribution is 0.604. The molecule has 0 amide bonds. The Hall–Kier alpha value is -2.01. The van der Waals surface area contributed by atoms with Crippen LogP contribution in [0.3, 0.4) is 0 Å². The van der Waals surface area contributed by atoms with Crippen LogP contribution in [0.4, 0.5) is 17.1 Å². The van der Waals surface area contributed by atoms with E-state index in [1.807, 2.05) is 30.3 Å². The molecule has 0 fully saturated rings. The van der Waals surface area contributed by atoms with Gasteiger partial charge in [0.15, 0.2) is 0 Å². The largest absolute Gasteiger partial charge is 0.577 e. The molecule has 5 heteroatoms. The molecule has 0 aliphatic heterocycles. The molecule has 0 aromatic heterocycles. The molecule has 0 aliphatic carbocycles. The Bertz CT molecular complexity index is 622. The van der Waals surface area contributed by atoms with E-state index in [1.165, 1.54) is 0 Å². The number of hydrogen-bond acceptors (Lipinski definition) is 3. The van der Waals surface area contributed by atoms with E-state index in [1.54, 1.807) is 31.2 Å². The lowest BCUT2D eigenvalue weighted by atomic mass is 10.2. The number of benzene rings is 2. The van der Waals surface area contributed by atoms with Crippen molar-refractivity contribution in [1.82, 2.24) is 0 Å². The van der Waals surface area contributed by atoms with Gasteiger partial charge in [-0.2, -0.15) is 0 Å². The van der Waals surface area contributed by atoms with E-state index in [0.29, 0.717) is 5.69 Å². The lowest BCUT2D eigenvalue weighted by Crippen LogP contribution is -1.98. The van der Waals surface area contributed by atoms with Crippen molar-refractivity contribution >= 4 is 27.1 Å². The summed E-state index contributed by atoms with van der Waals surface area (Å²) >= 11 is 0. The fraction of sp³-hybridized carbons (Fsp3) is 0.143. The highest BCUT2D eigenvalue weighted by molar-refractivity contribution is 7.94. The maximum atomic E-state index is 11.4. The van der Waals surface area contributed by atoms with Crippen LogP contribution in [-0.2, 0) is 10.0 Å². The minimum absolute atomic E-state index is 0.0109. The number of rotatable bonds is 5. The Morgan fingerprint density at radius 1 is 0.947 bits per heavy atom. The molecule has 4 nitrogen and oxygen atoms in total. The van der Waals surface area contributed by atoms with Crippen LogP contribution in [0.15, 0.2) is 54.6 Å². The third-order valence-corrected chi connectivity index (χ3v) is 3.76. The fourth-order valence-electron chi connectivity index (χ4n) is 1.52. The highest BCUT2D eigenvalue weighted by Gasteiger charge is 1.95. The van der Waals surface area contributed by atoms with Gasteiger partial charge in [0.25, 0.3) is 0 Å². The minimum Gasteiger partial charge on any atom is -0.577 e. The average Bonchev–Trinajstić information content (AvgIpc) is 2.42. The number of nitrogens with one attached hydrogen (secondary N) is 1. The Kier molecular flexibility index (Phi) is 4.06. The van der Waals surface area contributed by atoms with Crippen molar-refractivity contribution in [3.05, 3.63) is 59.3 Å². The molecular weight excluding hydrogens is 260 g/mol. The van der Waals surface area contributed by atoms with Crippen LogP contribution in [0.1, 0.15) is 6.92 Å². The molecule has 2 aromatic carbocycles. The number of anilines is 2. The van der Waals surface area contributed by atoms with E-state index in [4.69, 9.17) is 0 Å². The Morgan fingerprint density at radius 3 is 2.11 bits per heavy atom. The maximum absolute atomic E-state index is 11.4. The van der Waals surface area contributed by atoms with Crippen molar-refractivity contribution < 1.29 is 8.42 Å². The van der Waals surface area contributed by atoms with Crippen molar-refractivity contribution in [3.63, 3.8) is 0 Å². The zero-order valence-electron chi connectivity index (χ0n) is 10.6. The Labute approximate surface area is 113 Å². The van der Waals surface area contributed by atoms with E-state index in [9.17, 15) is 8.42 Å². The van der Waals surface area contributed by atoms with Crippen LogP contribution in [-0.4, -0.2) is 14.2 Å². The highest BCUT2D eigenvalue weighted by Crippen LogP contribution is 2.25. The molecule has 0 unspecified atom stereocenters. The second-order valence-electron chi connectivity index (χ2n) is 4.00. The van der Waals surface area contributed by atoms with E-state index >= 15 is 0 Å². The molecule has 0 saturated heterocycles. The van der Waals surface area contributed by atoms with E-state index in [0.717, 1.165) is 11.4 Å². The van der Waals surface area contributed by atoms with Crippen molar-refractivity contribution in [2.75, 3.05) is 11.1 Å². The molecule has 0 aliphatic rings. The quantitative estimate of drug-likeness (QED) is 0.903. The van der Waals surface area contributed by atoms with Crippen molar-refractivity contribution in [2.45, 2.75) is 6.92 Å². The van der Waals surface area contributed by atoms with Gasteiger partial charge in [-0.25, -0.2) is 8.42 Å². The normalized spacial score (nSPS) is 11.0. The third kappa shape index (κ3) is 3.99. The summed E-state index contributed by atoms with van der Waals surface area (Å²) in [4.78, 5) is 0. The van der Waals surface area contributed by atoms with Gasteiger partial charge in [0.2, 0.25) is 0 Å². The smallest absolute Gasteiger partial charge is 0.0935 e. The van der Waals surface area contributed by atoms with Gasteiger partial charge in [-0.1, -0.05) is 37.3 Å². The predicted molar refractivity (Wildman–Crippen MR) is 78.6 cm³/mol. The predicted octanol–water partition coefficient (Wildman–Crippen LogP) is 3.79. The van der Waals surface area contributed by atoms with Gasteiger partial charge in [0.1, 0.15) is 0 Å². The summed E-state index contributed by atoms with van der Waals surface area (Å²) in [6, 6.07) is 16.7. The van der Waals surface area contributed by atoms with Crippen LogP contribution < -0.4 is 5.32 Å². The summed E-state index contributed by atoms with van der Waals surface area (Å²) in [5.41, 5.74) is 2.31. The average molecular weight is 275 g/mol. The van der Waals surface area contributed by atoms with Gasteiger partial charge in [-0.3, -0.25) is 0 Å². The second-order valence-corrected chi connectivity index (χ2v) is 5.92. The lowest BCUT2D eigenvalue weighted by Gasteiger charge is -2.20. The first-order chi connectivity index (χ1) is 9.09. The second kappa shape index (κ2) is 5.75. The first-order valence-corrected chi connectivity index (χ1v) is 7.58. The van der Waals surface area contributed by atoms with Gasteiger partial charge in [-0.05, 0) is 24.3 Å². The molecule has 100 valence electrons. The molecule has 2 aromatic rings. The first-order valence-electron chi connectivity index (χ1n) is 5.97. The van der Waals surface area contributed by atoms with Gasteiger partial charge in [0.05, 0.1) is 10.0 Å². The number of para-hydroxylation sites is 1. The summed E-state index contributed by atoms with van der Waals surface area (Å²) < 4.78 is 26.4. The molecule has 0 heterocycles. The zero-order valence-corrected chi connectivity index (χ0v) is 11.4. The molecule has 19 heavy (non-hydrogen) atoms. The topological polar surface area (TPSA) is 60.3 Å². The van der Waals surface area contributed by atoms with Crippen molar-refractivity contribution in [3.8, 4) is 0 Å². The molecule has 1 N–H and O–H groups in total. The first kappa shape index (κ1) is 13.4. The van der Waals surface area contributed by atoms with Crippen LogP contribution in [0.5, 0.6) is 0 Å². The molecule has 0 saturated carbocycles. The van der Waals surface area contributed by atoms with Gasteiger partial charge >= 0.3 is 0 Å². The van der Waals surface area contributed by atoms with Crippen LogP contribution in [0.25, 0.3) is 4.72 Å². The zero-order chi connectivity index (χ0) is 13.7. The van der Waals surface area contributed by atoms with E-state index in [2.05, 4.69) is 10.0 Å². The van der Waals surface area contributed by atoms with Gasteiger partial charge in [0, 0.05) is 17.1 Å². The Morgan fingerprint density at radius 2 is 1.53 bits per heavy atom. The summed E-state index contributed by atoms with van der Waals surface area (Å²) in [6.45, 7) is 1.57. The van der Waals surface area contributed by atoms with Crippen LogP contribution in [0, 0.1) is 0 Å². The van der Waals surface area contributed by atoms with Crippen molar-refractivity contribution in [1.29, 1.82) is 0 Å². The number of hydrogen-bond donors (Lipinski definition) is 1. The molecule has 0 spiro atoms. The molecule has 0 radical (unpaired) electrons. The summed E-state index contributed by atoms with van der Waals surface area (Å²) in [7, 11) is -3.34. The van der Waals surface area contributed by atoms with Gasteiger partial charge in [-0.15, -0.1) is 5.69 Å². The van der Waals surface area contributed by atoms with Crippen LogP contribution >= 0.6 is 0 Å². The monoisotopic (exact) mass is 275 g/mol. The van der Waals surface area contributed by atoms with E-state index in [-0.39, 0.29) is 5.75 Å². The molecule has 0 atom stereocenters. The highest BCUT2D eigenvalue weighted by atomic mass is 32.2. The maximum Gasteiger partial charge on any atom is 0.0935 e. The van der Waals surface area contributed by atoms with E-state index < -0.39 is 10.0 Å². The third-order valence-electron chi connectivity index (χ3n) is 2.54. The number of nitrogens with zero attached hydrogens (tertiary/aromatic N) is 1. The standard InChI is InChI=1S/C14H15N2O2S/c1-2-19(17,18)16-14-10-8-13(9-11-14)15-12-6-4-3-5-7-12/h3-11,15H,2H2,1H3/q-1. The summed E-state index contributed by atoms with van der Waals surface area (Å²) in [6.07, 6.45) is 0. The molecule has 2 rings (SSSR count). The van der Waals surface area contributed by atoms with Crippen molar-refractivity contribution in [2.24, 2.45) is 0 Å². The SMILES string of the molecule is CCS(=O)(=O)[N-]c1ccc(Nc2ccccc2)cc1. The molecule has 0 bridgehead atoms. The molecular formula is C14H15N2O2S-. The number of sulfonamides is 1. The fourth-order valence-corrected chi connectivity index (χ4v) is 2.09. The van der Waals surface area contributed by atoms with Gasteiger partial charge < -0.3 is 10.0 Å². The summed E-state index contributed by atoms with van der Waals surface area (Å²) in [5.74, 6) is 0.0109. The van der Waals surface area contributed by atoms with Crippen LogP contribution in [0.2, 0.25) is 0 Å². The minimum atomic E-state index is -3.34.